The Labute approximate surface area is 204 Å². The molecule has 3 aromatic rings. The zero-order chi connectivity index (χ0) is 24.1. The van der Waals surface area contributed by atoms with E-state index in [0.29, 0.717) is 26.4 Å². The highest BCUT2D eigenvalue weighted by molar-refractivity contribution is 7.19. The lowest BCUT2D eigenvalue weighted by atomic mass is 9.98. The number of aromatic nitrogens is 2. The number of thiophene rings is 1. The van der Waals surface area contributed by atoms with Crippen LogP contribution in [-0.4, -0.2) is 27.2 Å². The number of carbonyl (C=O) groups excluding carboxylic acids is 1. The lowest BCUT2D eigenvalue weighted by Crippen LogP contribution is -2.20. The van der Waals surface area contributed by atoms with Crippen molar-refractivity contribution in [1.82, 2.24) is 9.97 Å². The van der Waals surface area contributed by atoms with E-state index in [2.05, 4.69) is 9.97 Å². The van der Waals surface area contributed by atoms with Gasteiger partial charge < -0.3 is 14.2 Å². The Bertz CT molecular complexity index is 1180. The molecule has 1 aliphatic carbocycles. The minimum absolute atomic E-state index is 0.104. The maximum atomic E-state index is 12.1. The van der Waals surface area contributed by atoms with Crippen molar-refractivity contribution in [2.45, 2.75) is 51.7 Å². The Morgan fingerprint density at radius 1 is 1.24 bits per heavy atom. The monoisotopic (exact) mass is 503 g/mol. The second-order valence-electron chi connectivity index (χ2n) is 7.82. The lowest BCUT2D eigenvalue weighted by Gasteiger charge is -2.23. The van der Waals surface area contributed by atoms with Crippen molar-refractivity contribution in [2.75, 3.05) is 0 Å². The predicted molar refractivity (Wildman–Crippen MR) is 127 cm³/mol. The van der Waals surface area contributed by atoms with Gasteiger partial charge in [0.1, 0.15) is 12.4 Å². The van der Waals surface area contributed by atoms with Gasteiger partial charge in [-0.2, -0.15) is 0 Å². The molecule has 0 unspecified atom stereocenters. The molecule has 0 radical (unpaired) electrons. The van der Waals surface area contributed by atoms with E-state index < -0.39 is 11.1 Å². The van der Waals surface area contributed by atoms with Gasteiger partial charge in [-0.3, -0.25) is 10.1 Å². The van der Waals surface area contributed by atoms with Crippen LogP contribution in [-0.2, 0) is 11.3 Å². The first-order chi connectivity index (χ1) is 16.4. The summed E-state index contributed by atoms with van der Waals surface area (Å²) in [6.45, 7) is 1.77. The summed E-state index contributed by atoms with van der Waals surface area (Å²) in [5, 5.41) is 10.7. The van der Waals surface area contributed by atoms with Crippen LogP contribution in [0.3, 0.4) is 0 Å². The van der Waals surface area contributed by atoms with Crippen LogP contribution >= 0.6 is 22.9 Å². The van der Waals surface area contributed by atoms with Gasteiger partial charge in [-0.1, -0.05) is 18.0 Å². The fourth-order valence-corrected chi connectivity index (χ4v) is 4.83. The molecular weight excluding hydrogens is 482 g/mol. The van der Waals surface area contributed by atoms with Crippen LogP contribution in [0.5, 0.6) is 11.5 Å². The van der Waals surface area contributed by atoms with Gasteiger partial charge in [-0.05, 0) is 50.8 Å². The molecule has 1 saturated carbocycles. The fourth-order valence-electron chi connectivity index (χ4n) is 3.63. The second-order valence-corrected chi connectivity index (χ2v) is 9.50. The summed E-state index contributed by atoms with van der Waals surface area (Å²) < 4.78 is 16.9. The molecule has 2 heterocycles. The molecule has 1 aliphatic rings. The van der Waals surface area contributed by atoms with Crippen LogP contribution in [0, 0.1) is 17.0 Å². The number of nitro groups is 1. The number of halogens is 1. The maximum absolute atomic E-state index is 12.1. The zero-order valence-corrected chi connectivity index (χ0v) is 19.9. The summed E-state index contributed by atoms with van der Waals surface area (Å²) in [5.74, 6) is 1.27. The van der Waals surface area contributed by atoms with Crippen molar-refractivity contribution in [1.29, 1.82) is 0 Å². The molecule has 0 atom stereocenters. The van der Waals surface area contributed by atoms with Crippen LogP contribution in [0.15, 0.2) is 36.5 Å². The van der Waals surface area contributed by atoms with Gasteiger partial charge in [0.15, 0.2) is 11.6 Å². The molecule has 0 saturated heterocycles. The number of carbonyl (C=O) groups is 1. The molecule has 2 aromatic heterocycles. The lowest BCUT2D eigenvalue weighted by molar-refractivity contribution is -0.384. The molecule has 0 spiro atoms. The van der Waals surface area contributed by atoms with Crippen LogP contribution in [0.25, 0.3) is 10.7 Å². The minimum Gasteiger partial charge on any atom is -0.487 e. The van der Waals surface area contributed by atoms with E-state index >= 15 is 0 Å². The number of hydrogen-bond acceptors (Lipinski definition) is 9. The summed E-state index contributed by atoms with van der Waals surface area (Å²) in [6.07, 6.45) is 6.60. The van der Waals surface area contributed by atoms with Crippen molar-refractivity contribution in [3.8, 4) is 22.2 Å². The summed E-state index contributed by atoms with van der Waals surface area (Å²) in [7, 11) is 0. The third kappa shape index (κ3) is 6.00. The van der Waals surface area contributed by atoms with Gasteiger partial charge in [-0.25, -0.2) is 14.8 Å². The van der Waals surface area contributed by atoms with Gasteiger partial charge in [-0.15, -0.1) is 11.3 Å². The fraction of sp³-hybridized carbons (Fsp3) is 0.348. The molecule has 9 nitrogen and oxygen atoms in total. The molecule has 1 aromatic carbocycles. The average molecular weight is 504 g/mol. The van der Waals surface area contributed by atoms with E-state index in [9.17, 15) is 14.9 Å². The number of hydrogen-bond donors (Lipinski definition) is 0. The number of non-ortho nitro benzene ring substituents is 1. The Kier molecular flexibility index (Phi) is 7.59. The van der Waals surface area contributed by atoms with Crippen molar-refractivity contribution < 1.29 is 23.9 Å². The number of ether oxygens (including phenoxy) is 3. The van der Waals surface area contributed by atoms with E-state index in [1.807, 2.05) is 6.92 Å². The van der Waals surface area contributed by atoms with E-state index in [1.54, 1.807) is 12.3 Å². The van der Waals surface area contributed by atoms with E-state index in [4.69, 9.17) is 25.8 Å². The van der Waals surface area contributed by atoms with Gasteiger partial charge in [0.05, 0.1) is 32.1 Å². The summed E-state index contributed by atoms with van der Waals surface area (Å²) >= 11 is 7.49. The second kappa shape index (κ2) is 10.8. The number of nitro benzene ring substituents is 1. The SMILES string of the molecule is Cc1nc(-c2sc(Cl)cc2COC(=O)Oc2ccc([N+](=O)[O-])cc2)ncc1OC1CCCCC1. The van der Waals surface area contributed by atoms with Crippen molar-refractivity contribution in [3.63, 3.8) is 0 Å². The number of nitrogens with zero attached hydrogens (tertiary/aromatic N) is 3. The molecule has 11 heteroatoms. The minimum atomic E-state index is -0.949. The molecule has 1 fully saturated rings. The average Bonchev–Trinajstić information content (AvgIpc) is 3.20. The largest absolute Gasteiger partial charge is 0.514 e. The highest BCUT2D eigenvalue weighted by Crippen LogP contribution is 2.35. The van der Waals surface area contributed by atoms with Gasteiger partial charge in [0.2, 0.25) is 0 Å². The third-order valence-corrected chi connectivity index (χ3v) is 6.66. The summed E-state index contributed by atoms with van der Waals surface area (Å²) in [4.78, 5) is 32.0. The smallest absolute Gasteiger partial charge is 0.487 e. The van der Waals surface area contributed by atoms with Crippen molar-refractivity contribution >= 4 is 34.8 Å². The van der Waals surface area contributed by atoms with Crippen LogP contribution in [0.1, 0.15) is 43.4 Å². The first-order valence-corrected chi connectivity index (χ1v) is 12.0. The van der Waals surface area contributed by atoms with Crippen LogP contribution < -0.4 is 9.47 Å². The van der Waals surface area contributed by atoms with E-state index in [0.717, 1.165) is 18.5 Å². The normalized spacial score (nSPS) is 13.9. The number of benzene rings is 1. The third-order valence-electron chi connectivity index (χ3n) is 5.36. The highest BCUT2D eigenvalue weighted by atomic mass is 35.5. The predicted octanol–water partition coefficient (Wildman–Crippen LogP) is 6.50. The van der Waals surface area contributed by atoms with Crippen molar-refractivity contribution in [2.24, 2.45) is 0 Å². The topological polar surface area (TPSA) is 114 Å². The van der Waals surface area contributed by atoms with Crippen molar-refractivity contribution in [3.05, 3.63) is 62.2 Å². The maximum Gasteiger partial charge on any atom is 0.514 e. The van der Waals surface area contributed by atoms with Gasteiger partial charge in [0, 0.05) is 17.7 Å². The summed E-state index contributed by atoms with van der Waals surface area (Å²) in [5.41, 5.74) is 1.25. The number of rotatable bonds is 7. The quantitative estimate of drug-likeness (QED) is 0.155. The number of aryl methyl sites for hydroxylation is 1. The first-order valence-electron chi connectivity index (χ1n) is 10.8. The molecule has 0 N–H and O–H groups in total. The molecule has 0 aliphatic heterocycles. The molecule has 178 valence electrons. The Morgan fingerprint density at radius 2 is 1.97 bits per heavy atom. The highest BCUT2D eigenvalue weighted by Gasteiger charge is 2.19. The zero-order valence-electron chi connectivity index (χ0n) is 18.4. The Hall–Kier alpha value is -3.24. The van der Waals surface area contributed by atoms with Gasteiger partial charge >= 0.3 is 6.16 Å². The molecule has 0 bridgehead atoms. The van der Waals surface area contributed by atoms with Gasteiger partial charge in [0.25, 0.3) is 5.69 Å². The van der Waals surface area contributed by atoms with E-state index in [-0.39, 0.29) is 24.1 Å². The molecular formula is C23H22ClN3O6S. The van der Waals surface area contributed by atoms with Crippen LogP contribution in [0.4, 0.5) is 10.5 Å². The Morgan fingerprint density at radius 3 is 2.65 bits per heavy atom. The Balaban J connectivity index is 1.40. The molecule has 34 heavy (non-hydrogen) atoms. The summed E-state index contributed by atoms with van der Waals surface area (Å²) in [6, 6.07) is 6.80. The standard InChI is InChI=1S/C23H22ClN3O6S/c1-14-19(32-17-5-3-2-4-6-17)12-25-22(26-14)21-15(11-20(24)34-21)13-31-23(28)33-18-9-7-16(8-10-18)27(29)30/h7-12,17H,2-6,13H2,1H3. The molecule has 4 rings (SSSR count). The first kappa shape index (κ1) is 23.9. The van der Waals surface area contributed by atoms with E-state index in [1.165, 1.54) is 54.9 Å². The van der Waals surface area contributed by atoms with Crippen LogP contribution in [0.2, 0.25) is 4.34 Å². The molecule has 0 amide bonds.